The van der Waals surface area contributed by atoms with E-state index in [2.05, 4.69) is 25.5 Å². The molecule has 122 valence electrons. The Kier molecular flexibility index (Phi) is 4.43. The molecule has 0 saturated carbocycles. The van der Waals surface area contributed by atoms with E-state index >= 15 is 0 Å². The highest BCUT2D eigenvalue weighted by Crippen LogP contribution is 2.23. The van der Waals surface area contributed by atoms with Crippen LogP contribution in [0.4, 0.5) is 5.82 Å². The lowest BCUT2D eigenvalue weighted by Gasteiger charge is -2.04. The first-order valence-electron chi connectivity index (χ1n) is 7.86. The highest BCUT2D eigenvalue weighted by atomic mass is 32.1. The molecule has 1 N–H and O–H groups in total. The summed E-state index contributed by atoms with van der Waals surface area (Å²) >= 11 is 1.61. The second-order valence-corrected chi connectivity index (χ2v) is 6.27. The van der Waals surface area contributed by atoms with Crippen LogP contribution in [-0.4, -0.2) is 20.2 Å². The molecule has 4 rings (SSSR count). The third kappa shape index (κ3) is 3.70. The fraction of sp³-hybridized carbons (Fsp3) is 0.0526. The maximum atomic E-state index is 4.63. The number of aromatic nitrogens is 4. The van der Waals surface area contributed by atoms with E-state index < -0.39 is 0 Å². The molecule has 0 atom stereocenters. The maximum Gasteiger partial charge on any atom is 0.149 e. The number of hydrogen-bond donors (Lipinski definition) is 1. The molecule has 3 heterocycles. The fourth-order valence-electron chi connectivity index (χ4n) is 2.38. The largest absolute Gasteiger partial charge is 0.363 e. The van der Waals surface area contributed by atoms with Gasteiger partial charge in [-0.15, -0.1) is 21.5 Å². The van der Waals surface area contributed by atoms with Crippen molar-refractivity contribution in [3.05, 3.63) is 78.1 Å². The van der Waals surface area contributed by atoms with Crippen LogP contribution in [0, 0.1) is 0 Å². The van der Waals surface area contributed by atoms with E-state index in [1.54, 1.807) is 17.5 Å². The molecule has 5 nitrogen and oxygen atoms in total. The minimum Gasteiger partial charge on any atom is -0.363 e. The Morgan fingerprint density at radius 2 is 1.76 bits per heavy atom. The first kappa shape index (κ1) is 15.4. The first-order chi connectivity index (χ1) is 12.4. The van der Waals surface area contributed by atoms with Gasteiger partial charge in [-0.2, -0.15) is 0 Å². The van der Waals surface area contributed by atoms with E-state index in [-0.39, 0.29) is 0 Å². The summed E-state index contributed by atoms with van der Waals surface area (Å²) in [6, 6.07) is 17.8. The first-order valence-corrected chi connectivity index (χ1v) is 8.74. The van der Waals surface area contributed by atoms with Crippen molar-refractivity contribution in [3.63, 3.8) is 0 Å². The molecule has 0 radical (unpaired) electrons. The van der Waals surface area contributed by atoms with E-state index in [4.69, 9.17) is 0 Å². The Hall–Kier alpha value is -3.12. The monoisotopic (exact) mass is 345 g/mol. The van der Waals surface area contributed by atoms with Crippen LogP contribution in [0.15, 0.2) is 72.4 Å². The zero-order chi connectivity index (χ0) is 16.9. The number of anilines is 1. The zero-order valence-electron chi connectivity index (χ0n) is 13.3. The van der Waals surface area contributed by atoms with Crippen molar-refractivity contribution in [2.24, 2.45) is 0 Å². The summed E-state index contributed by atoms with van der Waals surface area (Å²) in [4.78, 5) is 8.76. The van der Waals surface area contributed by atoms with Crippen LogP contribution < -0.4 is 5.32 Å². The molecule has 0 spiro atoms. The number of nitrogens with one attached hydrogen (secondary N) is 1. The van der Waals surface area contributed by atoms with Crippen LogP contribution in [0.3, 0.4) is 0 Å². The van der Waals surface area contributed by atoms with Gasteiger partial charge in [0.25, 0.3) is 0 Å². The number of thiazole rings is 1. The molecule has 0 amide bonds. The second-order valence-electron chi connectivity index (χ2n) is 5.41. The molecule has 4 aromatic rings. The summed E-state index contributed by atoms with van der Waals surface area (Å²) in [7, 11) is 0. The third-order valence-corrected chi connectivity index (χ3v) is 4.59. The van der Waals surface area contributed by atoms with Crippen molar-refractivity contribution >= 4 is 17.2 Å². The molecular weight excluding hydrogens is 330 g/mol. The van der Waals surface area contributed by atoms with Gasteiger partial charge in [-0.25, -0.2) is 4.98 Å². The van der Waals surface area contributed by atoms with E-state index in [1.165, 1.54) is 0 Å². The summed E-state index contributed by atoms with van der Waals surface area (Å²) < 4.78 is 0. The predicted octanol–water partition coefficient (Wildman–Crippen LogP) is 4.27. The molecule has 25 heavy (non-hydrogen) atoms. The van der Waals surface area contributed by atoms with Gasteiger partial charge in [-0.3, -0.25) is 4.98 Å². The summed E-state index contributed by atoms with van der Waals surface area (Å²) in [5, 5.41) is 14.8. The van der Waals surface area contributed by atoms with Gasteiger partial charge in [-0.05, 0) is 24.3 Å². The number of pyridine rings is 1. The van der Waals surface area contributed by atoms with Crippen LogP contribution in [0.2, 0.25) is 0 Å². The van der Waals surface area contributed by atoms with Gasteiger partial charge in [-0.1, -0.05) is 30.3 Å². The number of rotatable bonds is 5. The summed E-state index contributed by atoms with van der Waals surface area (Å²) in [6.07, 6.45) is 3.58. The normalized spacial score (nSPS) is 10.6. The van der Waals surface area contributed by atoms with E-state index in [1.807, 2.05) is 66.2 Å². The lowest BCUT2D eigenvalue weighted by Crippen LogP contribution is -2.02. The topological polar surface area (TPSA) is 63.6 Å². The smallest absolute Gasteiger partial charge is 0.149 e. The molecule has 3 aromatic heterocycles. The SMILES string of the molecule is c1ccc(-c2ccc(NCc3csc(-c4cccnc4)n3)nn2)cc1. The van der Waals surface area contributed by atoms with E-state index in [0.717, 1.165) is 33.3 Å². The molecule has 6 heteroatoms. The van der Waals surface area contributed by atoms with Crippen molar-refractivity contribution in [2.75, 3.05) is 5.32 Å². The van der Waals surface area contributed by atoms with Crippen LogP contribution in [0.5, 0.6) is 0 Å². The van der Waals surface area contributed by atoms with Crippen LogP contribution in [0.1, 0.15) is 5.69 Å². The van der Waals surface area contributed by atoms with Crippen molar-refractivity contribution in [3.8, 4) is 21.8 Å². The highest BCUT2D eigenvalue weighted by molar-refractivity contribution is 7.13. The zero-order valence-corrected chi connectivity index (χ0v) is 14.1. The number of nitrogens with zero attached hydrogens (tertiary/aromatic N) is 4. The minimum atomic E-state index is 0.607. The van der Waals surface area contributed by atoms with Gasteiger partial charge < -0.3 is 5.32 Å². The minimum absolute atomic E-state index is 0.607. The Morgan fingerprint density at radius 1 is 0.880 bits per heavy atom. The molecule has 0 unspecified atom stereocenters. The van der Waals surface area contributed by atoms with Crippen molar-refractivity contribution < 1.29 is 0 Å². The van der Waals surface area contributed by atoms with E-state index in [9.17, 15) is 0 Å². The summed E-state index contributed by atoms with van der Waals surface area (Å²) in [5.74, 6) is 0.732. The Labute approximate surface area is 149 Å². The number of benzene rings is 1. The Morgan fingerprint density at radius 3 is 2.52 bits per heavy atom. The van der Waals surface area contributed by atoms with Gasteiger partial charge in [0.15, 0.2) is 0 Å². The van der Waals surface area contributed by atoms with Crippen molar-refractivity contribution in [1.29, 1.82) is 0 Å². The molecule has 0 aliphatic heterocycles. The average Bonchev–Trinajstić information content (AvgIpc) is 3.17. The molecule has 0 bridgehead atoms. The quantitative estimate of drug-likeness (QED) is 0.585. The second kappa shape index (κ2) is 7.19. The van der Waals surface area contributed by atoms with Crippen molar-refractivity contribution in [1.82, 2.24) is 20.2 Å². The predicted molar refractivity (Wildman–Crippen MR) is 100 cm³/mol. The van der Waals surface area contributed by atoms with Crippen molar-refractivity contribution in [2.45, 2.75) is 6.54 Å². The maximum absolute atomic E-state index is 4.63. The molecule has 0 aliphatic rings. The Balaban J connectivity index is 1.41. The van der Waals surface area contributed by atoms with Gasteiger partial charge in [0.05, 0.1) is 17.9 Å². The summed E-state index contributed by atoms with van der Waals surface area (Å²) in [6.45, 7) is 0.607. The molecular formula is C19H15N5S. The molecule has 0 fully saturated rings. The van der Waals surface area contributed by atoms with Gasteiger partial charge >= 0.3 is 0 Å². The van der Waals surface area contributed by atoms with Crippen LogP contribution >= 0.6 is 11.3 Å². The average molecular weight is 345 g/mol. The Bertz CT molecular complexity index is 936. The van der Waals surface area contributed by atoms with Crippen LogP contribution in [-0.2, 0) is 6.54 Å². The highest BCUT2D eigenvalue weighted by Gasteiger charge is 2.05. The van der Waals surface area contributed by atoms with Gasteiger partial charge in [0, 0.05) is 28.9 Å². The molecule has 0 saturated heterocycles. The van der Waals surface area contributed by atoms with Crippen LogP contribution in [0.25, 0.3) is 21.8 Å². The standard InChI is InChI=1S/C19H15N5S/c1-2-5-14(6-3-1)17-8-9-18(24-23-17)21-12-16-13-25-19(22-16)15-7-4-10-20-11-15/h1-11,13H,12H2,(H,21,24). The summed E-state index contributed by atoms with van der Waals surface area (Å²) in [5.41, 5.74) is 3.92. The molecule has 1 aromatic carbocycles. The lowest BCUT2D eigenvalue weighted by atomic mass is 10.1. The third-order valence-electron chi connectivity index (χ3n) is 3.64. The number of hydrogen-bond acceptors (Lipinski definition) is 6. The fourth-order valence-corrected chi connectivity index (χ4v) is 3.19. The van der Waals surface area contributed by atoms with Gasteiger partial charge in [0.2, 0.25) is 0 Å². The lowest BCUT2D eigenvalue weighted by molar-refractivity contribution is 0.990. The van der Waals surface area contributed by atoms with E-state index in [0.29, 0.717) is 6.54 Å². The van der Waals surface area contributed by atoms with Gasteiger partial charge in [0.1, 0.15) is 10.8 Å². The molecule has 0 aliphatic carbocycles.